The second kappa shape index (κ2) is 7.98. The fourth-order valence-electron chi connectivity index (χ4n) is 6.44. The van der Waals surface area contributed by atoms with Crippen molar-refractivity contribution < 1.29 is 19.0 Å². The van der Waals surface area contributed by atoms with Gasteiger partial charge in [-0.2, -0.15) is 0 Å². The van der Waals surface area contributed by atoms with E-state index in [-0.39, 0.29) is 29.6 Å². The maximum atomic E-state index is 15.0. The second-order valence-corrected chi connectivity index (χ2v) is 11.7. The number of rotatable bonds is 5. The summed E-state index contributed by atoms with van der Waals surface area (Å²) in [6, 6.07) is 5.02. The normalized spacial score (nSPS) is 30.4. The second-order valence-electron chi connectivity index (χ2n) is 10.6. The molecule has 2 bridgehead atoms. The van der Waals surface area contributed by atoms with E-state index in [1.165, 1.54) is 10.6 Å². The van der Waals surface area contributed by atoms with Crippen LogP contribution in [0.3, 0.4) is 0 Å². The van der Waals surface area contributed by atoms with Gasteiger partial charge in [0.25, 0.3) is 5.56 Å². The van der Waals surface area contributed by atoms with E-state index < -0.39 is 17.0 Å². The smallest absolute Gasteiger partial charge is 0.251 e. The number of pyridine rings is 3. The third-order valence-electron chi connectivity index (χ3n) is 8.36. The predicted molar refractivity (Wildman–Crippen MR) is 132 cm³/mol. The zero-order valence-electron chi connectivity index (χ0n) is 19.8. The molecule has 7 heterocycles. The van der Waals surface area contributed by atoms with Crippen LogP contribution in [0.15, 0.2) is 40.3 Å². The molecule has 1 atom stereocenters. The fraction of sp³-hybridized carbons (Fsp3) is 0.500. The summed E-state index contributed by atoms with van der Waals surface area (Å²) in [6.45, 7) is 1.87. The Balaban J connectivity index is 1.08. The number of aromatic nitrogens is 3. The van der Waals surface area contributed by atoms with Gasteiger partial charge in [-0.1, -0.05) is 0 Å². The van der Waals surface area contributed by atoms with Gasteiger partial charge >= 0.3 is 0 Å². The molecular weight excluding hydrogens is 483 g/mol. The SMILES string of the molecule is O=c1ccc2ncc(F)c3c2n1C[C@@]3(O)CC12CCC(NCc3cc4c(cn3)SCCO4)(CC1)CO2. The topological polar surface area (TPSA) is 98.5 Å². The zero-order valence-corrected chi connectivity index (χ0v) is 20.6. The molecule has 36 heavy (non-hydrogen) atoms. The number of aliphatic hydroxyl groups is 1. The van der Waals surface area contributed by atoms with Gasteiger partial charge in [0.1, 0.15) is 17.2 Å². The Hall–Kier alpha value is -2.53. The minimum atomic E-state index is -1.52. The first-order chi connectivity index (χ1) is 17.4. The third kappa shape index (κ3) is 3.49. The van der Waals surface area contributed by atoms with E-state index in [4.69, 9.17) is 9.47 Å². The number of thioether (sulfide) groups is 1. The minimum absolute atomic E-state index is 0.0139. The molecule has 8 rings (SSSR count). The summed E-state index contributed by atoms with van der Waals surface area (Å²) >= 11 is 1.77. The summed E-state index contributed by atoms with van der Waals surface area (Å²) in [5.41, 5.74) is -0.477. The molecule has 2 saturated heterocycles. The van der Waals surface area contributed by atoms with Gasteiger partial charge < -0.3 is 24.5 Å². The molecule has 10 heteroatoms. The molecule has 3 aromatic rings. The lowest BCUT2D eigenvalue weighted by atomic mass is 9.67. The summed E-state index contributed by atoms with van der Waals surface area (Å²) in [4.78, 5) is 22.3. The molecule has 0 aromatic carbocycles. The number of nitrogens with one attached hydrogen (secondary N) is 1. The average Bonchev–Trinajstić information content (AvgIpc) is 3.21. The standard InChI is InChI=1S/C26H27FN4O4S/c27-17-11-29-18-1-2-21(32)31-14-26(33,22(17)23(18)31)13-25-5-3-24(4-6-25,15-35-25)30-10-16-9-19-20(12-28-16)36-8-7-34-19/h1-2,9,11-12,30,33H,3-8,10,13-15H2/t24?,25?,26-/m0/s1. The van der Waals surface area contributed by atoms with Gasteiger partial charge in [0.2, 0.25) is 0 Å². The monoisotopic (exact) mass is 510 g/mol. The number of ether oxygens (including phenoxy) is 2. The lowest BCUT2D eigenvalue weighted by Crippen LogP contribution is -2.62. The molecule has 8 nitrogen and oxygen atoms in total. The molecule has 3 aromatic heterocycles. The lowest BCUT2D eigenvalue weighted by Gasteiger charge is -2.55. The Bertz CT molecular complexity index is 1420. The van der Waals surface area contributed by atoms with Crippen molar-refractivity contribution in [3.05, 3.63) is 58.0 Å². The maximum Gasteiger partial charge on any atom is 0.251 e. The van der Waals surface area contributed by atoms with E-state index in [9.17, 15) is 14.3 Å². The van der Waals surface area contributed by atoms with E-state index in [0.717, 1.165) is 60.6 Å². The Morgan fingerprint density at radius 1 is 1.19 bits per heavy atom. The first kappa shape index (κ1) is 22.7. The lowest BCUT2D eigenvalue weighted by molar-refractivity contribution is -0.192. The Morgan fingerprint density at radius 3 is 2.86 bits per heavy atom. The zero-order chi connectivity index (χ0) is 24.5. The van der Waals surface area contributed by atoms with Crippen LogP contribution in [0.5, 0.6) is 5.75 Å². The van der Waals surface area contributed by atoms with Crippen molar-refractivity contribution in [3.63, 3.8) is 0 Å². The molecule has 1 aliphatic carbocycles. The molecule has 0 amide bonds. The fourth-order valence-corrected chi connectivity index (χ4v) is 7.21. The van der Waals surface area contributed by atoms with Crippen LogP contribution in [-0.4, -0.2) is 49.7 Å². The van der Waals surface area contributed by atoms with E-state index >= 15 is 0 Å². The number of hydrogen-bond donors (Lipinski definition) is 2. The molecule has 3 fully saturated rings. The van der Waals surface area contributed by atoms with Crippen molar-refractivity contribution in [1.29, 1.82) is 0 Å². The summed E-state index contributed by atoms with van der Waals surface area (Å²) in [5.74, 6) is 1.27. The highest BCUT2D eigenvalue weighted by Crippen LogP contribution is 2.51. The van der Waals surface area contributed by atoms with Crippen molar-refractivity contribution in [2.45, 2.75) is 66.8 Å². The van der Waals surface area contributed by atoms with Crippen molar-refractivity contribution in [2.75, 3.05) is 19.0 Å². The molecule has 2 N–H and O–H groups in total. The van der Waals surface area contributed by atoms with Crippen LogP contribution in [0.1, 0.15) is 43.4 Å². The van der Waals surface area contributed by atoms with Gasteiger partial charge in [0.15, 0.2) is 0 Å². The number of nitrogens with zero attached hydrogens (tertiary/aromatic N) is 3. The van der Waals surface area contributed by atoms with Crippen molar-refractivity contribution in [2.24, 2.45) is 0 Å². The molecule has 0 unspecified atom stereocenters. The highest BCUT2D eigenvalue weighted by Gasteiger charge is 2.55. The van der Waals surface area contributed by atoms with Crippen LogP contribution in [0.4, 0.5) is 4.39 Å². The van der Waals surface area contributed by atoms with Gasteiger partial charge in [-0.25, -0.2) is 4.39 Å². The van der Waals surface area contributed by atoms with Gasteiger partial charge in [0.05, 0.1) is 53.2 Å². The quantitative estimate of drug-likeness (QED) is 0.541. The van der Waals surface area contributed by atoms with Crippen LogP contribution < -0.4 is 15.6 Å². The highest BCUT2D eigenvalue weighted by atomic mass is 32.2. The Kier molecular flexibility index (Phi) is 5.02. The molecular formula is C26H27FN4O4S. The van der Waals surface area contributed by atoms with Gasteiger partial charge in [0, 0.05) is 48.2 Å². The van der Waals surface area contributed by atoms with Gasteiger partial charge in [-0.3, -0.25) is 14.8 Å². The summed E-state index contributed by atoms with van der Waals surface area (Å²) in [7, 11) is 0. The molecule has 1 saturated carbocycles. The number of halogens is 1. The third-order valence-corrected chi connectivity index (χ3v) is 9.35. The summed E-state index contributed by atoms with van der Waals surface area (Å²) in [5, 5.41) is 15.5. The first-order valence-corrected chi connectivity index (χ1v) is 13.4. The summed E-state index contributed by atoms with van der Waals surface area (Å²) < 4.78 is 28.7. The van der Waals surface area contributed by atoms with Crippen LogP contribution in [0.2, 0.25) is 0 Å². The molecule has 188 valence electrons. The summed E-state index contributed by atoms with van der Waals surface area (Å²) in [6.07, 6.45) is 6.55. The van der Waals surface area contributed by atoms with Crippen LogP contribution in [0, 0.1) is 5.82 Å². The average molecular weight is 511 g/mol. The van der Waals surface area contributed by atoms with Crippen LogP contribution >= 0.6 is 11.8 Å². The molecule has 4 aliphatic heterocycles. The largest absolute Gasteiger partial charge is 0.491 e. The molecule has 0 spiro atoms. The predicted octanol–water partition coefficient (Wildman–Crippen LogP) is 2.88. The Labute approximate surface area is 211 Å². The van der Waals surface area contributed by atoms with Crippen LogP contribution in [0.25, 0.3) is 11.0 Å². The van der Waals surface area contributed by atoms with E-state index in [2.05, 4.69) is 15.3 Å². The minimum Gasteiger partial charge on any atom is -0.491 e. The van der Waals surface area contributed by atoms with Gasteiger partial charge in [-0.05, 0) is 31.7 Å². The number of hydrogen-bond acceptors (Lipinski definition) is 8. The van der Waals surface area contributed by atoms with E-state index in [0.29, 0.717) is 24.2 Å². The van der Waals surface area contributed by atoms with Crippen molar-refractivity contribution in [1.82, 2.24) is 19.9 Å². The van der Waals surface area contributed by atoms with Crippen molar-refractivity contribution in [3.8, 4) is 5.75 Å². The Morgan fingerprint density at radius 2 is 2.06 bits per heavy atom. The van der Waals surface area contributed by atoms with Crippen molar-refractivity contribution >= 4 is 22.8 Å². The first-order valence-electron chi connectivity index (χ1n) is 12.4. The maximum absolute atomic E-state index is 15.0. The molecule has 0 radical (unpaired) electrons. The highest BCUT2D eigenvalue weighted by molar-refractivity contribution is 7.99. The van der Waals surface area contributed by atoms with E-state index in [1.54, 1.807) is 17.8 Å². The van der Waals surface area contributed by atoms with Gasteiger partial charge in [-0.15, -0.1) is 11.8 Å². The number of fused-ring (bicyclic) bond motifs is 4. The molecule has 5 aliphatic rings. The van der Waals surface area contributed by atoms with Crippen LogP contribution in [-0.2, 0) is 23.4 Å². The van der Waals surface area contributed by atoms with E-state index in [1.807, 2.05) is 12.3 Å².